The van der Waals surface area contributed by atoms with Gasteiger partial charge in [0, 0.05) is 25.0 Å². The van der Waals surface area contributed by atoms with E-state index >= 15 is 0 Å². The monoisotopic (exact) mass is 373 g/mol. The van der Waals surface area contributed by atoms with E-state index in [1.807, 2.05) is 0 Å². The Labute approximate surface area is 146 Å². The number of nitro groups is 1. The van der Waals surface area contributed by atoms with Crippen molar-refractivity contribution in [2.45, 2.75) is 44.0 Å². The van der Waals surface area contributed by atoms with Crippen LogP contribution in [0.5, 0.6) is 5.75 Å². The summed E-state index contributed by atoms with van der Waals surface area (Å²) < 4.78 is 50.2. The number of non-ortho nitro benzene ring substituents is 1. The second-order valence-corrected chi connectivity index (χ2v) is 6.21. The van der Waals surface area contributed by atoms with Crippen molar-refractivity contribution < 1.29 is 36.9 Å². The highest BCUT2D eigenvalue weighted by Gasteiger charge is 2.53. The summed E-state index contributed by atoms with van der Waals surface area (Å²) in [4.78, 5) is 21.7. The molecule has 1 aromatic rings. The van der Waals surface area contributed by atoms with Crippen molar-refractivity contribution in [3.8, 4) is 5.75 Å². The number of ether oxygens (including phenoxy) is 2. The molecule has 1 aromatic carbocycles. The third kappa shape index (κ3) is 3.94. The van der Waals surface area contributed by atoms with E-state index in [1.165, 1.54) is 28.8 Å². The summed E-state index contributed by atoms with van der Waals surface area (Å²) in [6.07, 6.45) is -4.70. The predicted octanol–water partition coefficient (Wildman–Crippen LogP) is 3.45. The van der Waals surface area contributed by atoms with Crippen LogP contribution in [0.2, 0.25) is 0 Å². The van der Waals surface area contributed by atoms with Gasteiger partial charge in [-0.05, 0) is 12.1 Å². The topological polar surface area (TPSA) is 81.7 Å². The Hall–Kier alpha value is -2.65. The molecule has 0 spiro atoms. The molecule has 0 N–H and O–H groups in total. The van der Waals surface area contributed by atoms with E-state index in [1.54, 1.807) is 0 Å². The number of nitro benzene ring substituents is 1. The smallest absolute Gasteiger partial charge is 0.429 e. The van der Waals surface area contributed by atoms with E-state index in [-0.39, 0.29) is 30.7 Å². The molecule has 3 rings (SSSR count). The third-order valence-corrected chi connectivity index (χ3v) is 4.48. The number of alkyl halides is 3. The molecule has 0 radical (unpaired) electrons. The van der Waals surface area contributed by atoms with Crippen molar-refractivity contribution in [2.24, 2.45) is 0 Å². The number of carbonyl (C=O) groups excluding carboxylic acids is 1. The zero-order chi connectivity index (χ0) is 18.9. The van der Waals surface area contributed by atoms with Crippen LogP contribution in [0.25, 0.3) is 0 Å². The van der Waals surface area contributed by atoms with Crippen LogP contribution in [0.4, 0.5) is 23.7 Å². The van der Waals surface area contributed by atoms with Crippen LogP contribution in [0, 0.1) is 10.1 Å². The molecule has 26 heavy (non-hydrogen) atoms. The molecule has 1 atom stereocenters. The molecule has 1 saturated carbocycles. The maximum Gasteiger partial charge on any atom is 0.514 e. The van der Waals surface area contributed by atoms with E-state index in [0.29, 0.717) is 18.7 Å². The van der Waals surface area contributed by atoms with Crippen LogP contribution >= 0.6 is 0 Å². The molecular weight excluding hydrogens is 357 g/mol. The van der Waals surface area contributed by atoms with E-state index in [4.69, 9.17) is 9.47 Å². The first-order valence-corrected chi connectivity index (χ1v) is 8.05. The highest BCUT2D eigenvalue weighted by molar-refractivity contribution is 5.87. The van der Waals surface area contributed by atoms with Gasteiger partial charge in [-0.2, -0.15) is 13.2 Å². The largest absolute Gasteiger partial charge is 0.514 e. The van der Waals surface area contributed by atoms with Gasteiger partial charge in [-0.3, -0.25) is 10.1 Å². The molecule has 1 unspecified atom stereocenters. The van der Waals surface area contributed by atoms with Crippen molar-refractivity contribution in [3.63, 3.8) is 0 Å². The van der Waals surface area contributed by atoms with Gasteiger partial charge in [0.2, 0.25) is 6.04 Å². The average Bonchev–Trinajstić information content (AvgIpc) is 3.00. The van der Waals surface area contributed by atoms with Gasteiger partial charge in [-0.25, -0.2) is 9.37 Å². The molecule has 0 bridgehead atoms. The predicted molar refractivity (Wildman–Crippen MR) is 82.4 cm³/mol. The minimum atomic E-state index is -4.26. The zero-order valence-corrected chi connectivity index (χ0v) is 13.6. The molecule has 1 aliphatic heterocycles. The van der Waals surface area contributed by atoms with Crippen LogP contribution in [0.1, 0.15) is 25.7 Å². The number of hydrogen-bond acceptors (Lipinski definition) is 5. The summed E-state index contributed by atoms with van der Waals surface area (Å²) in [5.74, 6) is 0.0841. The Balaban J connectivity index is 1.51. The summed E-state index contributed by atoms with van der Waals surface area (Å²) in [5, 5.41) is 10.5. The lowest BCUT2D eigenvalue weighted by Crippen LogP contribution is -2.45. The molecule has 0 aromatic heterocycles. The standard InChI is InChI=1S/C16H16F3N2O5/c17-16(18,19)14-2-1-7-20(14)11-8-13(9-11)26-15(22)25-12-5-3-10(4-6-12)21(23)24/h3-6,13-14H,1-2,7-9H2/q+1. The van der Waals surface area contributed by atoms with Gasteiger partial charge in [0.05, 0.1) is 17.8 Å². The van der Waals surface area contributed by atoms with Gasteiger partial charge in [0.1, 0.15) is 18.4 Å². The quantitative estimate of drug-likeness (QED) is 0.266. The lowest BCUT2D eigenvalue weighted by atomic mass is 9.92. The van der Waals surface area contributed by atoms with Crippen LogP contribution in [-0.4, -0.2) is 46.2 Å². The first kappa shape index (κ1) is 18.2. The fourth-order valence-corrected chi connectivity index (χ4v) is 3.16. The summed E-state index contributed by atoms with van der Waals surface area (Å²) in [6, 6.07) is 3.43. The van der Waals surface area contributed by atoms with Gasteiger partial charge in [-0.1, -0.05) is 0 Å². The van der Waals surface area contributed by atoms with Crippen molar-refractivity contribution >= 4 is 17.6 Å². The number of rotatable bonds is 3. The summed E-state index contributed by atoms with van der Waals surface area (Å²) in [6.45, 7) is 0.361. The Morgan fingerprint density at radius 3 is 2.46 bits per heavy atom. The highest BCUT2D eigenvalue weighted by atomic mass is 19.4. The molecule has 2 aliphatic rings. The number of halogens is 3. The number of carbonyl (C=O) groups is 1. The lowest BCUT2D eigenvalue weighted by Gasteiger charge is -2.27. The third-order valence-electron chi connectivity index (χ3n) is 4.48. The van der Waals surface area contributed by atoms with E-state index in [0.717, 1.165) is 0 Å². The lowest BCUT2D eigenvalue weighted by molar-refractivity contribution is -0.582. The van der Waals surface area contributed by atoms with Gasteiger partial charge in [0.25, 0.3) is 5.69 Å². The molecule has 10 heteroatoms. The molecule has 7 nitrogen and oxygen atoms in total. The molecule has 140 valence electrons. The van der Waals surface area contributed by atoms with Crippen molar-refractivity contribution in [2.75, 3.05) is 6.54 Å². The number of benzene rings is 1. The second kappa shape index (κ2) is 6.93. The van der Waals surface area contributed by atoms with E-state index in [2.05, 4.69) is 0 Å². The van der Waals surface area contributed by atoms with Crippen LogP contribution in [-0.2, 0) is 4.74 Å². The fourth-order valence-electron chi connectivity index (χ4n) is 3.16. The maximum absolute atomic E-state index is 13.0. The Kier molecular flexibility index (Phi) is 4.84. The minimum Gasteiger partial charge on any atom is -0.429 e. The van der Waals surface area contributed by atoms with Gasteiger partial charge in [0.15, 0.2) is 5.71 Å². The van der Waals surface area contributed by atoms with Gasteiger partial charge >= 0.3 is 12.3 Å². The Morgan fingerprint density at radius 2 is 1.88 bits per heavy atom. The number of nitrogens with zero attached hydrogens (tertiary/aromatic N) is 2. The van der Waals surface area contributed by atoms with E-state index < -0.39 is 29.4 Å². The van der Waals surface area contributed by atoms with Crippen LogP contribution in [0.15, 0.2) is 24.3 Å². The number of hydrogen-bond donors (Lipinski definition) is 0. The maximum atomic E-state index is 13.0. The molecule has 2 fully saturated rings. The Bertz CT molecular complexity index is 737. The highest BCUT2D eigenvalue weighted by Crippen LogP contribution is 2.33. The average molecular weight is 373 g/mol. The fraction of sp³-hybridized carbons (Fsp3) is 0.500. The Morgan fingerprint density at radius 1 is 1.23 bits per heavy atom. The molecule has 1 saturated heterocycles. The van der Waals surface area contributed by atoms with E-state index in [9.17, 15) is 28.1 Å². The van der Waals surface area contributed by atoms with Crippen LogP contribution < -0.4 is 4.74 Å². The summed E-state index contributed by atoms with van der Waals surface area (Å²) in [5.41, 5.74) is 0.492. The summed E-state index contributed by atoms with van der Waals surface area (Å²) >= 11 is 0. The molecular formula is C16H16F3N2O5+. The van der Waals surface area contributed by atoms with Gasteiger partial charge < -0.3 is 9.47 Å². The van der Waals surface area contributed by atoms with Crippen LogP contribution in [0.3, 0.4) is 0 Å². The molecule has 1 aliphatic carbocycles. The zero-order valence-electron chi connectivity index (χ0n) is 13.6. The minimum absolute atomic E-state index is 0.0840. The molecule has 0 amide bonds. The first-order chi connectivity index (χ1) is 12.2. The van der Waals surface area contributed by atoms with Gasteiger partial charge in [-0.15, -0.1) is 0 Å². The SMILES string of the molecule is O=C(Oc1ccc([N+](=O)[O-])cc1)OC1CC(=[N+]2CCCC2C(F)(F)F)C1. The molecule has 1 heterocycles. The van der Waals surface area contributed by atoms with Crippen molar-refractivity contribution in [3.05, 3.63) is 34.4 Å². The van der Waals surface area contributed by atoms with Crippen molar-refractivity contribution in [1.82, 2.24) is 0 Å². The second-order valence-electron chi connectivity index (χ2n) is 6.21. The first-order valence-electron chi connectivity index (χ1n) is 8.05. The normalized spacial score (nSPS) is 22.7. The van der Waals surface area contributed by atoms with Crippen molar-refractivity contribution in [1.29, 1.82) is 0 Å². The summed E-state index contributed by atoms with van der Waals surface area (Å²) in [7, 11) is 0.